The normalized spacial score (nSPS) is 17.0. The summed E-state index contributed by atoms with van der Waals surface area (Å²) in [5.74, 6) is -0.619. The van der Waals surface area contributed by atoms with Crippen LogP contribution in [0.25, 0.3) is 15.9 Å². The zero-order valence-electron chi connectivity index (χ0n) is 22.7. The van der Waals surface area contributed by atoms with Crippen LogP contribution in [0.1, 0.15) is 33.0 Å². The molecule has 1 atom stereocenters. The zero-order chi connectivity index (χ0) is 29.2. The van der Waals surface area contributed by atoms with Crippen molar-refractivity contribution < 1.29 is 28.6 Å². The number of hydrogen-bond acceptors (Lipinski definition) is 6. The molecule has 0 saturated carbocycles. The summed E-state index contributed by atoms with van der Waals surface area (Å²) in [4.78, 5) is 36.9. The highest BCUT2D eigenvalue weighted by Gasteiger charge is 2.26. The fourth-order valence-electron chi connectivity index (χ4n) is 5.22. The Morgan fingerprint density at radius 2 is 1.88 bits per heavy atom. The molecule has 3 aromatic carbocycles. The molecule has 6 rings (SSSR count). The predicted octanol–water partition coefficient (Wildman–Crippen LogP) is 4.96. The molecule has 2 aliphatic heterocycles. The van der Waals surface area contributed by atoms with Crippen LogP contribution >= 0.6 is 0 Å². The summed E-state index contributed by atoms with van der Waals surface area (Å²) in [5.41, 5.74) is 2.36. The highest BCUT2D eigenvalue weighted by Crippen LogP contribution is 2.29. The Labute approximate surface area is 241 Å². The van der Waals surface area contributed by atoms with Crippen molar-refractivity contribution in [1.82, 2.24) is 19.4 Å². The molecule has 0 unspecified atom stereocenters. The Morgan fingerprint density at radius 3 is 2.57 bits per heavy atom. The second-order valence-electron chi connectivity index (χ2n) is 10.4. The van der Waals surface area contributed by atoms with Gasteiger partial charge in [-0.3, -0.25) is 9.69 Å². The fraction of sp³-hybridized carbons (Fsp3) is 0.290. The van der Waals surface area contributed by atoms with Crippen molar-refractivity contribution in [2.24, 2.45) is 0 Å². The number of benzene rings is 3. The molecule has 1 aromatic heterocycles. The first kappa shape index (κ1) is 27.4. The van der Waals surface area contributed by atoms with Gasteiger partial charge in [0.15, 0.2) is 17.3 Å². The van der Waals surface area contributed by atoms with E-state index in [1.165, 1.54) is 12.1 Å². The molecular formula is C31H28FN5O5. The van der Waals surface area contributed by atoms with Gasteiger partial charge in [-0.1, -0.05) is 12.1 Å². The molecule has 2 saturated heterocycles. The number of fused-ring (bicyclic) bond motifs is 1. The summed E-state index contributed by atoms with van der Waals surface area (Å²) in [6.45, 7) is 11.2. The second kappa shape index (κ2) is 11.6. The van der Waals surface area contributed by atoms with E-state index in [0.29, 0.717) is 50.6 Å². The largest absolute Gasteiger partial charge is 0.478 e. The maximum atomic E-state index is 14.3. The lowest BCUT2D eigenvalue weighted by molar-refractivity contribution is -0.0592. The Hall–Kier alpha value is -4.79. The zero-order valence-corrected chi connectivity index (χ0v) is 22.7. The Balaban J connectivity index is 1.12. The van der Waals surface area contributed by atoms with E-state index in [2.05, 4.69) is 14.3 Å². The summed E-state index contributed by atoms with van der Waals surface area (Å²) in [6.07, 6.45) is 1.03. The van der Waals surface area contributed by atoms with Crippen LogP contribution in [0.4, 0.5) is 10.1 Å². The molecule has 10 nitrogen and oxygen atoms in total. The average Bonchev–Trinajstić information content (AvgIpc) is 3.31. The lowest BCUT2D eigenvalue weighted by Gasteiger charge is -2.35. The van der Waals surface area contributed by atoms with Gasteiger partial charge < -0.3 is 24.0 Å². The molecule has 1 amide bonds. The molecule has 3 heterocycles. The monoisotopic (exact) mass is 569 g/mol. The number of aromatic nitrogens is 2. The number of carbonyl (C=O) groups is 2. The van der Waals surface area contributed by atoms with Crippen molar-refractivity contribution in [2.45, 2.75) is 25.6 Å². The molecule has 4 aromatic rings. The van der Waals surface area contributed by atoms with Crippen LogP contribution in [-0.2, 0) is 17.8 Å². The summed E-state index contributed by atoms with van der Waals surface area (Å²) < 4.78 is 27.7. The summed E-state index contributed by atoms with van der Waals surface area (Å²) in [7, 11) is 0. The van der Waals surface area contributed by atoms with E-state index >= 15 is 0 Å². The first-order chi connectivity index (χ1) is 20.4. The summed E-state index contributed by atoms with van der Waals surface area (Å²) in [6, 6.07) is 15.6. The molecule has 0 spiro atoms. The van der Waals surface area contributed by atoms with Crippen molar-refractivity contribution in [3.05, 3.63) is 94.8 Å². The number of rotatable bonds is 8. The Kier molecular flexibility index (Phi) is 7.56. The number of carboxylic acids is 1. The lowest BCUT2D eigenvalue weighted by atomic mass is 10.1. The first-order valence-corrected chi connectivity index (χ1v) is 13.7. The molecule has 0 bridgehead atoms. The minimum atomic E-state index is -0.980. The van der Waals surface area contributed by atoms with E-state index < -0.39 is 11.8 Å². The van der Waals surface area contributed by atoms with E-state index in [9.17, 15) is 19.1 Å². The molecule has 2 aliphatic rings. The van der Waals surface area contributed by atoms with E-state index in [4.69, 9.17) is 21.0 Å². The van der Waals surface area contributed by atoms with E-state index in [0.717, 1.165) is 36.0 Å². The van der Waals surface area contributed by atoms with Gasteiger partial charge in [0.05, 0.1) is 42.4 Å². The van der Waals surface area contributed by atoms with Crippen LogP contribution < -0.4 is 4.74 Å². The number of imidazole rings is 1. The standard InChI is InChI=1S/C31H28FN5O5/c1-33-22-6-8-28(25(32)17-22)42-23-4-2-3-20(15-23)30(38)36-12-10-35(11-13-36)19-29-34-26-7-5-21(31(39)40)16-27(26)37(29)18-24-9-14-41-24/h2-8,15-17,24H,9-14,18-19H2,(H,39,40)/t24-/m0/s1. The Morgan fingerprint density at radius 1 is 1.07 bits per heavy atom. The van der Waals surface area contributed by atoms with E-state index in [-0.39, 0.29) is 29.0 Å². The number of carboxylic acid groups (broad SMARTS) is 1. The third kappa shape index (κ3) is 5.68. The van der Waals surface area contributed by atoms with Crippen LogP contribution in [0.3, 0.4) is 0 Å². The van der Waals surface area contributed by atoms with Crippen LogP contribution in [0, 0.1) is 12.4 Å². The van der Waals surface area contributed by atoms with Gasteiger partial charge in [-0.25, -0.2) is 19.0 Å². The van der Waals surface area contributed by atoms with Crippen LogP contribution in [-0.4, -0.2) is 75.2 Å². The number of nitrogens with zero attached hydrogens (tertiary/aromatic N) is 5. The molecule has 214 valence electrons. The third-order valence-electron chi connectivity index (χ3n) is 7.63. The topological polar surface area (TPSA) is 101 Å². The highest BCUT2D eigenvalue weighted by molar-refractivity contribution is 5.95. The van der Waals surface area contributed by atoms with Gasteiger partial charge >= 0.3 is 5.97 Å². The van der Waals surface area contributed by atoms with Crippen molar-refractivity contribution in [3.8, 4) is 11.5 Å². The Bertz CT molecular complexity index is 1700. The van der Waals surface area contributed by atoms with Crippen LogP contribution in [0.5, 0.6) is 11.5 Å². The fourth-order valence-corrected chi connectivity index (χ4v) is 5.22. The number of hydrogen-bond donors (Lipinski definition) is 1. The van der Waals surface area contributed by atoms with Gasteiger partial charge in [0.2, 0.25) is 0 Å². The molecule has 0 radical (unpaired) electrons. The number of halogens is 1. The SMILES string of the molecule is [C-]#[N+]c1ccc(Oc2cccc(C(=O)N3CCN(Cc4nc5ccc(C(=O)O)cc5n4C[C@@H]4CCO4)CC3)c2)c(F)c1. The van der Waals surface area contributed by atoms with E-state index in [1.807, 2.05) is 0 Å². The summed E-state index contributed by atoms with van der Waals surface area (Å²) >= 11 is 0. The van der Waals surface area contributed by atoms with Crippen molar-refractivity contribution in [1.29, 1.82) is 0 Å². The predicted molar refractivity (Wildman–Crippen MR) is 151 cm³/mol. The number of piperazine rings is 1. The molecule has 42 heavy (non-hydrogen) atoms. The number of aromatic carboxylic acids is 1. The average molecular weight is 570 g/mol. The smallest absolute Gasteiger partial charge is 0.335 e. The van der Waals surface area contributed by atoms with Crippen LogP contribution in [0.15, 0.2) is 60.7 Å². The second-order valence-corrected chi connectivity index (χ2v) is 10.4. The van der Waals surface area contributed by atoms with Crippen molar-refractivity contribution in [3.63, 3.8) is 0 Å². The molecule has 1 N–H and O–H groups in total. The minimum Gasteiger partial charge on any atom is -0.478 e. The van der Waals surface area contributed by atoms with Crippen molar-refractivity contribution in [2.75, 3.05) is 32.8 Å². The quantitative estimate of drug-likeness (QED) is 0.299. The lowest BCUT2D eigenvalue weighted by Crippen LogP contribution is -2.48. The van der Waals surface area contributed by atoms with Gasteiger partial charge in [0.25, 0.3) is 5.91 Å². The number of ether oxygens (including phenoxy) is 2. The molecular weight excluding hydrogens is 541 g/mol. The van der Waals surface area contributed by atoms with Gasteiger partial charge in [0.1, 0.15) is 11.6 Å². The van der Waals surface area contributed by atoms with Crippen molar-refractivity contribution >= 4 is 28.6 Å². The first-order valence-electron chi connectivity index (χ1n) is 13.7. The van der Waals surface area contributed by atoms with E-state index in [1.54, 1.807) is 47.4 Å². The highest BCUT2D eigenvalue weighted by atomic mass is 19.1. The molecule has 0 aliphatic carbocycles. The maximum absolute atomic E-state index is 14.3. The molecule has 11 heteroatoms. The molecule has 2 fully saturated rings. The number of carbonyl (C=O) groups excluding carboxylic acids is 1. The minimum absolute atomic E-state index is 0.0188. The summed E-state index contributed by atoms with van der Waals surface area (Å²) in [5, 5.41) is 9.48. The van der Waals surface area contributed by atoms with Crippen LogP contribution in [0.2, 0.25) is 0 Å². The van der Waals surface area contributed by atoms with Gasteiger partial charge in [-0.05, 0) is 55.0 Å². The van der Waals surface area contributed by atoms with Gasteiger partial charge in [-0.15, -0.1) is 0 Å². The van der Waals surface area contributed by atoms with Gasteiger partial charge in [-0.2, -0.15) is 0 Å². The maximum Gasteiger partial charge on any atom is 0.335 e. The third-order valence-corrected chi connectivity index (χ3v) is 7.63. The van der Waals surface area contributed by atoms with Gasteiger partial charge in [0, 0.05) is 38.3 Å². The number of amides is 1.